The van der Waals surface area contributed by atoms with Crippen molar-refractivity contribution in [3.8, 4) is 0 Å². The number of aromatic nitrogens is 2. The van der Waals surface area contributed by atoms with Gasteiger partial charge in [0.25, 0.3) is 0 Å². The van der Waals surface area contributed by atoms with Gasteiger partial charge in [-0.1, -0.05) is 13.8 Å². The van der Waals surface area contributed by atoms with Crippen LogP contribution in [0.2, 0.25) is 0 Å². The van der Waals surface area contributed by atoms with Crippen LogP contribution in [0.1, 0.15) is 44.6 Å². The van der Waals surface area contributed by atoms with Crippen molar-refractivity contribution in [3.05, 3.63) is 11.9 Å². The molecule has 1 fully saturated rings. The van der Waals surface area contributed by atoms with Crippen molar-refractivity contribution in [2.45, 2.75) is 45.1 Å². The molecule has 5 heteroatoms. The highest BCUT2D eigenvalue weighted by Gasteiger charge is 2.20. The second-order valence-electron chi connectivity index (χ2n) is 5.52. The Balaban J connectivity index is 2.13. The first-order valence-corrected chi connectivity index (χ1v) is 7.02. The Morgan fingerprint density at radius 3 is 2.84 bits per heavy atom. The van der Waals surface area contributed by atoms with E-state index in [1.807, 2.05) is 7.05 Å². The molecule has 0 amide bonds. The third kappa shape index (κ3) is 3.35. The molecule has 106 valence electrons. The lowest BCUT2D eigenvalue weighted by atomic mass is 10.0. The van der Waals surface area contributed by atoms with E-state index in [1.54, 1.807) is 0 Å². The molecule has 0 bridgehead atoms. The normalized spacial score (nSPS) is 19.7. The minimum absolute atomic E-state index is 0.301. The highest BCUT2D eigenvalue weighted by molar-refractivity contribution is 5.57. The maximum Gasteiger partial charge on any atom is 0.137 e. The van der Waals surface area contributed by atoms with E-state index in [-0.39, 0.29) is 0 Å². The molecule has 19 heavy (non-hydrogen) atoms. The van der Waals surface area contributed by atoms with Gasteiger partial charge in [0, 0.05) is 25.8 Å². The molecular formula is C14H24N4O. The van der Waals surface area contributed by atoms with Crippen LogP contribution in [0.25, 0.3) is 0 Å². The van der Waals surface area contributed by atoms with Gasteiger partial charge < -0.3 is 15.4 Å². The summed E-state index contributed by atoms with van der Waals surface area (Å²) in [7, 11) is 2.05. The zero-order valence-electron chi connectivity index (χ0n) is 12.1. The summed E-state index contributed by atoms with van der Waals surface area (Å²) < 4.78 is 5.78. The van der Waals surface area contributed by atoms with Crippen molar-refractivity contribution in [2.75, 3.05) is 30.8 Å². The molecule has 1 aromatic heterocycles. The molecule has 2 N–H and O–H groups in total. The van der Waals surface area contributed by atoms with Crippen molar-refractivity contribution >= 4 is 11.6 Å². The molecule has 0 aliphatic carbocycles. The van der Waals surface area contributed by atoms with Crippen molar-refractivity contribution in [1.29, 1.82) is 0 Å². The average Bonchev–Trinajstić information content (AvgIpc) is 2.39. The molecule has 2 rings (SSSR count). The highest BCUT2D eigenvalue weighted by Crippen LogP contribution is 2.29. The Hall–Kier alpha value is -1.36. The van der Waals surface area contributed by atoms with E-state index < -0.39 is 0 Å². The first-order chi connectivity index (χ1) is 9.09. The van der Waals surface area contributed by atoms with Crippen LogP contribution >= 0.6 is 0 Å². The van der Waals surface area contributed by atoms with Crippen molar-refractivity contribution < 1.29 is 4.74 Å². The molecule has 1 atom stereocenters. The number of nitrogen functional groups attached to an aromatic ring is 1. The minimum Gasteiger partial charge on any atom is -0.383 e. The number of hydrogen-bond donors (Lipinski definition) is 1. The molecule has 0 saturated carbocycles. The second-order valence-corrected chi connectivity index (χ2v) is 5.52. The van der Waals surface area contributed by atoms with E-state index in [0.29, 0.717) is 17.8 Å². The third-order valence-corrected chi connectivity index (χ3v) is 3.58. The Bertz CT molecular complexity index is 416. The minimum atomic E-state index is 0.301. The van der Waals surface area contributed by atoms with Gasteiger partial charge in [-0.05, 0) is 25.2 Å². The van der Waals surface area contributed by atoms with Crippen LogP contribution in [0.5, 0.6) is 0 Å². The fourth-order valence-corrected chi connectivity index (χ4v) is 2.60. The summed E-state index contributed by atoms with van der Waals surface area (Å²) >= 11 is 0. The maximum atomic E-state index is 5.98. The fourth-order valence-electron chi connectivity index (χ4n) is 2.60. The summed E-state index contributed by atoms with van der Waals surface area (Å²) in [4.78, 5) is 10.6. The molecule has 1 aromatic rings. The lowest BCUT2D eigenvalue weighted by Crippen LogP contribution is -2.34. The van der Waals surface area contributed by atoms with E-state index in [2.05, 4.69) is 28.7 Å². The number of hydrogen-bond acceptors (Lipinski definition) is 5. The molecule has 0 radical (unpaired) electrons. The molecule has 1 aliphatic heterocycles. The second kappa shape index (κ2) is 6.19. The number of anilines is 2. The summed E-state index contributed by atoms with van der Waals surface area (Å²) in [5, 5.41) is 0. The number of nitrogens with two attached hydrogens (primary N) is 1. The lowest BCUT2D eigenvalue weighted by Gasteiger charge is -2.29. The van der Waals surface area contributed by atoms with Gasteiger partial charge in [-0.25, -0.2) is 9.97 Å². The average molecular weight is 264 g/mol. The number of likely N-dealkylation sites (N-methyl/N-ethyl adjacent to an activating group) is 1. The molecule has 5 nitrogen and oxygen atoms in total. The summed E-state index contributed by atoms with van der Waals surface area (Å²) in [5.74, 6) is 1.82. The van der Waals surface area contributed by atoms with Gasteiger partial charge in [0.1, 0.15) is 18.0 Å². The number of nitrogens with zero attached hydrogens (tertiary/aromatic N) is 3. The van der Waals surface area contributed by atoms with Crippen molar-refractivity contribution in [3.63, 3.8) is 0 Å². The Labute approximate surface area is 115 Å². The van der Waals surface area contributed by atoms with Gasteiger partial charge in [-0.15, -0.1) is 0 Å². The van der Waals surface area contributed by atoms with Gasteiger partial charge in [0.05, 0.1) is 6.10 Å². The molecule has 0 aromatic carbocycles. The monoisotopic (exact) mass is 264 g/mol. The SMILES string of the molecule is CC(C)c1c(N)ncnc1N(C)CC1CCCCO1. The number of ether oxygens (including phenoxy) is 1. The third-order valence-electron chi connectivity index (χ3n) is 3.58. The smallest absolute Gasteiger partial charge is 0.137 e. The predicted octanol–water partition coefficient (Wildman–Crippen LogP) is 2.19. The highest BCUT2D eigenvalue weighted by atomic mass is 16.5. The molecular weight excluding hydrogens is 240 g/mol. The number of rotatable bonds is 4. The fraction of sp³-hybridized carbons (Fsp3) is 0.714. The summed E-state index contributed by atoms with van der Waals surface area (Å²) in [6, 6.07) is 0. The Kier molecular flexibility index (Phi) is 4.58. The van der Waals surface area contributed by atoms with Crippen LogP contribution < -0.4 is 10.6 Å². The van der Waals surface area contributed by atoms with Gasteiger partial charge in [0.15, 0.2) is 0 Å². The summed E-state index contributed by atoms with van der Waals surface area (Å²) in [6.45, 7) is 5.96. The zero-order chi connectivity index (χ0) is 13.8. The first-order valence-electron chi connectivity index (χ1n) is 7.02. The van der Waals surface area contributed by atoms with E-state index in [1.165, 1.54) is 19.2 Å². The van der Waals surface area contributed by atoms with E-state index >= 15 is 0 Å². The lowest BCUT2D eigenvalue weighted by molar-refractivity contribution is 0.0215. The molecule has 2 heterocycles. The quantitative estimate of drug-likeness (QED) is 0.903. The van der Waals surface area contributed by atoms with E-state index in [0.717, 1.165) is 31.0 Å². The summed E-state index contributed by atoms with van der Waals surface area (Å²) in [5.41, 5.74) is 7.01. The van der Waals surface area contributed by atoms with Gasteiger partial charge in [-0.3, -0.25) is 0 Å². The van der Waals surface area contributed by atoms with Crippen molar-refractivity contribution in [1.82, 2.24) is 9.97 Å². The largest absolute Gasteiger partial charge is 0.383 e. The van der Waals surface area contributed by atoms with Crippen LogP contribution in [0, 0.1) is 0 Å². The van der Waals surface area contributed by atoms with Gasteiger partial charge >= 0.3 is 0 Å². The van der Waals surface area contributed by atoms with Crippen molar-refractivity contribution in [2.24, 2.45) is 0 Å². The Morgan fingerprint density at radius 2 is 2.21 bits per heavy atom. The molecule has 0 spiro atoms. The molecule has 1 aliphatic rings. The van der Waals surface area contributed by atoms with Crippen LogP contribution in [0.4, 0.5) is 11.6 Å². The molecule has 1 unspecified atom stereocenters. The van der Waals surface area contributed by atoms with Crippen LogP contribution in [0.3, 0.4) is 0 Å². The maximum absolute atomic E-state index is 5.98. The topological polar surface area (TPSA) is 64.3 Å². The molecule has 1 saturated heterocycles. The standard InChI is InChI=1S/C14H24N4O/c1-10(2)12-13(15)16-9-17-14(12)18(3)8-11-6-4-5-7-19-11/h9-11H,4-8H2,1-3H3,(H2,15,16,17). The Morgan fingerprint density at radius 1 is 1.42 bits per heavy atom. The van der Waals surface area contributed by atoms with E-state index in [9.17, 15) is 0 Å². The van der Waals surface area contributed by atoms with Crippen LogP contribution in [-0.2, 0) is 4.74 Å². The van der Waals surface area contributed by atoms with Gasteiger partial charge in [0.2, 0.25) is 0 Å². The van der Waals surface area contributed by atoms with Gasteiger partial charge in [-0.2, -0.15) is 0 Å². The van der Waals surface area contributed by atoms with Crippen LogP contribution in [0.15, 0.2) is 6.33 Å². The summed E-state index contributed by atoms with van der Waals surface area (Å²) in [6.07, 6.45) is 5.39. The first kappa shape index (κ1) is 14.1. The van der Waals surface area contributed by atoms with Crippen LogP contribution in [-0.4, -0.2) is 36.3 Å². The zero-order valence-corrected chi connectivity index (χ0v) is 12.1. The van der Waals surface area contributed by atoms with E-state index in [4.69, 9.17) is 10.5 Å². The predicted molar refractivity (Wildman–Crippen MR) is 77.4 cm³/mol.